The highest BCUT2D eigenvalue weighted by Crippen LogP contribution is 2.31. The van der Waals surface area contributed by atoms with Gasteiger partial charge in [0.15, 0.2) is 5.96 Å². The molecule has 0 amide bonds. The smallest absolute Gasteiger partial charge is 0.191 e. The molecule has 1 aromatic heterocycles. The maximum absolute atomic E-state index is 6.24. The summed E-state index contributed by atoms with van der Waals surface area (Å²) >= 11 is 1.74. The Bertz CT molecular complexity index is 522. The molecule has 1 aliphatic rings. The molecule has 1 heterocycles. The summed E-state index contributed by atoms with van der Waals surface area (Å²) < 4.78 is 6.24. The quantitative estimate of drug-likeness (QED) is 0.350. The third-order valence-corrected chi connectivity index (χ3v) is 5.73. The average molecular weight is 480 g/mol. The van der Waals surface area contributed by atoms with Crippen LogP contribution in [0, 0.1) is 13.8 Å². The second-order valence-corrected chi connectivity index (χ2v) is 7.91. The fraction of sp³-hybridized carbons (Fsp3) is 0.778. The molecule has 2 N–H and O–H groups in total. The summed E-state index contributed by atoms with van der Waals surface area (Å²) in [5.74, 6) is 0.825. The largest absolute Gasteiger partial charge is 0.373 e. The maximum Gasteiger partial charge on any atom is 0.191 e. The first-order valence-electron chi connectivity index (χ1n) is 9.10. The van der Waals surface area contributed by atoms with E-state index in [1.807, 2.05) is 7.05 Å². The van der Waals surface area contributed by atoms with Crippen LogP contribution in [0.25, 0.3) is 0 Å². The summed E-state index contributed by atoms with van der Waals surface area (Å²) in [5, 5.41) is 7.94. The lowest BCUT2D eigenvalue weighted by Crippen LogP contribution is -2.49. The molecule has 0 radical (unpaired) electrons. The molecule has 0 bridgehead atoms. The summed E-state index contributed by atoms with van der Waals surface area (Å²) in [6.45, 7) is 8.71. The number of guanidine groups is 1. The minimum atomic E-state index is -0.0275. The molecule has 7 heteroatoms. The lowest BCUT2D eigenvalue weighted by atomic mass is 9.84. The number of aliphatic imine (C=N–C) groups is 1. The van der Waals surface area contributed by atoms with Gasteiger partial charge in [-0.05, 0) is 33.1 Å². The number of nitrogens with one attached hydrogen (secondary N) is 2. The van der Waals surface area contributed by atoms with Crippen molar-refractivity contribution >= 4 is 41.3 Å². The van der Waals surface area contributed by atoms with Crippen LogP contribution in [0.15, 0.2) is 4.99 Å². The van der Waals surface area contributed by atoms with Crippen molar-refractivity contribution < 1.29 is 4.74 Å². The fourth-order valence-electron chi connectivity index (χ4n) is 3.13. The van der Waals surface area contributed by atoms with Crippen molar-refractivity contribution in [2.24, 2.45) is 4.99 Å². The van der Waals surface area contributed by atoms with Crippen molar-refractivity contribution in [2.45, 2.75) is 71.4 Å². The van der Waals surface area contributed by atoms with E-state index in [0.29, 0.717) is 6.54 Å². The standard InChI is InChI=1S/C18H32N4OS.HI/c1-5-11-23-18(9-7-6-8-10-18)13-21-17(19-4)20-12-16-22-14(2)15(3)24-16;/h5-13H2,1-4H3,(H2,19,20,21);1H. The van der Waals surface area contributed by atoms with Gasteiger partial charge in [0.25, 0.3) is 0 Å². The Hall–Kier alpha value is -0.410. The van der Waals surface area contributed by atoms with Crippen LogP contribution < -0.4 is 10.6 Å². The molecule has 1 aromatic rings. The highest BCUT2D eigenvalue weighted by molar-refractivity contribution is 14.0. The molecule has 5 nitrogen and oxygen atoms in total. The molecular weight excluding hydrogens is 447 g/mol. The molecule has 25 heavy (non-hydrogen) atoms. The van der Waals surface area contributed by atoms with Gasteiger partial charge in [-0.2, -0.15) is 0 Å². The van der Waals surface area contributed by atoms with E-state index in [1.165, 1.54) is 24.1 Å². The Kier molecular flexibility index (Phi) is 10.3. The first-order valence-corrected chi connectivity index (χ1v) is 9.91. The van der Waals surface area contributed by atoms with Crippen molar-refractivity contribution in [2.75, 3.05) is 20.2 Å². The molecule has 1 aliphatic carbocycles. The minimum absolute atomic E-state index is 0. The summed E-state index contributed by atoms with van der Waals surface area (Å²) in [6, 6.07) is 0. The Balaban J connectivity index is 0.00000312. The lowest BCUT2D eigenvalue weighted by Gasteiger charge is -2.37. The SMILES string of the molecule is CCCOC1(CNC(=NC)NCc2nc(C)c(C)s2)CCCCC1.I. The summed E-state index contributed by atoms with van der Waals surface area (Å²) in [5.41, 5.74) is 1.09. The molecule has 1 fully saturated rings. The van der Waals surface area contributed by atoms with Crippen molar-refractivity contribution in [3.63, 3.8) is 0 Å². The highest BCUT2D eigenvalue weighted by Gasteiger charge is 2.32. The van der Waals surface area contributed by atoms with Crippen LogP contribution in [0.2, 0.25) is 0 Å². The molecule has 1 saturated carbocycles. The zero-order chi connectivity index (χ0) is 17.4. The monoisotopic (exact) mass is 480 g/mol. The van der Waals surface area contributed by atoms with E-state index in [2.05, 4.69) is 41.4 Å². The lowest BCUT2D eigenvalue weighted by molar-refractivity contribution is -0.0657. The number of thiazole rings is 1. The second kappa shape index (κ2) is 11.3. The Labute approximate surface area is 173 Å². The first-order chi connectivity index (χ1) is 11.6. The molecule has 2 rings (SSSR count). The van der Waals surface area contributed by atoms with E-state index in [-0.39, 0.29) is 29.6 Å². The van der Waals surface area contributed by atoms with Gasteiger partial charge in [-0.25, -0.2) is 4.98 Å². The third-order valence-electron chi connectivity index (χ3n) is 4.66. The number of nitrogens with zero attached hydrogens (tertiary/aromatic N) is 2. The van der Waals surface area contributed by atoms with Gasteiger partial charge in [0.05, 0.1) is 17.8 Å². The molecule has 0 aliphatic heterocycles. The van der Waals surface area contributed by atoms with E-state index < -0.39 is 0 Å². The van der Waals surface area contributed by atoms with Gasteiger partial charge in [-0.1, -0.05) is 26.2 Å². The second-order valence-electron chi connectivity index (χ2n) is 6.62. The first kappa shape index (κ1) is 22.6. The predicted octanol–water partition coefficient (Wildman–Crippen LogP) is 4.17. The Morgan fingerprint density at radius 3 is 2.52 bits per heavy atom. The molecule has 0 saturated heterocycles. The number of aromatic nitrogens is 1. The minimum Gasteiger partial charge on any atom is -0.373 e. The Morgan fingerprint density at radius 1 is 1.24 bits per heavy atom. The van der Waals surface area contributed by atoms with Gasteiger partial charge in [-0.3, -0.25) is 4.99 Å². The van der Waals surface area contributed by atoms with Crippen LogP contribution in [0.3, 0.4) is 0 Å². The zero-order valence-corrected chi connectivity index (χ0v) is 19.1. The van der Waals surface area contributed by atoms with Gasteiger partial charge in [0.2, 0.25) is 0 Å². The van der Waals surface area contributed by atoms with Crippen molar-refractivity contribution in [1.82, 2.24) is 15.6 Å². The normalized spacial score (nSPS) is 17.0. The van der Waals surface area contributed by atoms with E-state index in [1.54, 1.807) is 11.3 Å². The molecule has 0 spiro atoms. The van der Waals surface area contributed by atoms with Gasteiger partial charge < -0.3 is 15.4 Å². The van der Waals surface area contributed by atoms with E-state index in [4.69, 9.17) is 4.74 Å². The number of hydrogen-bond acceptors (Lipinski definition) is 4. The van der Waals surface area contributed by atoms with Gasteiger partial charge in [-0.15, -0.1) is 35.3 Å². The van der Waals surface area contributed by atoms with Crippen LogP contribution in [0.4, 0.5) is 0 Å². The summed E-state index contributed by atoms with van der Waals surface area (Å²) in [6.07, 6.45) is 7.19. The molecule has 0 atom stereocenters. The van der Waals surface area contributed by atoms with Crippen molar-refractivity contribution in [3.05, 3.63) is 15.6 Å². The molecule has 144 valence electrons. The number of halogens is 1. The molecule has 0 unspecified atom stereocenters. The number of aryl methyl sites for hydroxylation is 2. The summed E-state index contributed by atoms with van der Waals surface area (Å²) in [4.78, 5) is 10.2. The van der Waals surface area contributed by atoms with Crippen LogP contribution in [0.1, 0.15) is 61.0 Å². The topological polar surface area (TPSA) is 58.5 Å². The van der Waals surface area contributed by atoms with Crippen LogP contribution in [0.5, 0.6) is 0 Å². The zero-order valence-electron chi connectivity index (χ0n) is 16.0. The summed E-state index contributed by atoms with van der Waals surface area (Å²) in [7, 11) is 1.81. The predicted molar refractivity (Wildman–Crippen MR) is 117 cm³/mol. The Morgan fingerprint density at radius 2 is 1.96 bits per heavy atom. The number of ether oxygens (including phenoxy) is 1. The number of rotatable bonds is 7. The van der Waals surface area contributed by atoms with Crippen molar-refractivity contribution in [3.8, 4) is 0 Å². The molecular formula is C18H33IN4OS. The maximum atomic E-state index is 6.24. The van der Waals surface area contributed by atoms with Crippen LogP contribution in [-0.2, 0) is 11.3 Å². The van der Waals surface area contributed by atoms with Crippen LogP contribution in [-0.4, -0.2) is 36.7 Å². The van der Waals surface area contributed by atoms with Crippen LogP contribution >= 0.6 is 35.3 Å². The van der Waals surface area contributed by atoms with E-state index >= 15 is 0 Å². The molecule has 0 aromatic carbocycles. The highest BCUT2D eigenvalue weighted by atomic mass is 127. The number of hydrogen-bond donors (Lipinski definition) is 2. The van der Waals surface area contributed by atoms with Gasteiger partial charge in [0.1, 0.15) is 5.01 Å². The van der Waals surface area contributed by atoms with E-state index in [0.717, 1.165) is 49.1 Å². The van der Waals surface area contributed by atoms with E-state index in [9.17, 15) is 0 Å². The van der Waals surface area contributed by atoms with Gasteiger partial charge >= 0.3 is 0 Å². The van der Waals surface area contributed by atoms with Gasteiger partial charge in [0, 0.05) is 25.1 Å². The average Bonchev–Trinajstić information content (AvgIpc) is 2.92. The third kappa shape index (κ3) is 7.02. The van der Waals surface area contributed by atoms with Crippen molar-refractivity contribution in [1.29, 1.82) is 0 Å². The fourth-order valence-corrected chi connectivity index (χ4v) is 4.00.